The van der Waals surface area contributed by atoms with Gasteiger partial charge in [0.1, 0.15) is 6.33 Å². The summed E-state index contributed by atoms with van der Waals surface area (Å²) in [7, 11) is 1.92. The van der Waals surface area contributed by atoms with E-state index in [0.717, 1.165) is 28.4 Å². The molecule has 0 aliphatic carbocycles. The zero-order valence-electron chi connectivity index (χ0n) is 14.8. The van der Waals surface area contributed by atoms with Gasteiger partial charge in [0.05, 0.1) is 16.4 Å². The molecule has 5 nitrogen and oxygen atoms in total. The summed E-state index contributed by atoms with van der Waals surface area (Å²) in [5.41, 5.74) is 2.90. The normalized spacial score (nSPS) is 12.3. The summed E-state index contributed by atoms with van der Waals surface area (Å²) in [5, 5.41) is 0.811. The van der Waals surface area contributed by atoms with E-state index >= 15 is 0 Å². The first-order chi connectivity index (χ1) is 12.1. The molecule has 3 aromatic rings. The molecule has 1 aromatic carbocycles. The predicted molar refractivity (Wildman–Crippen MR) is 102 cm³/mol. The second-order valence-corrected chi connectivity index (χ2v) is 7.04. The molecule has 0 fully saturated rings. The first kappa shape index (κ1) is 17.5. The SMILES string of the molecule is CCc1ncnc2nc(N(C)[C@H](C)C(=O)CCc3ccccc3)sc12. The van der Waals surface area contributed by atoms with Gasteiger partial charge in [-0.1, -0.05) is 48.6 Å². The maximum atomic E-state index is 12.6. The van der Waals surface area contributed by atoms with Crippen molar-refractivity contribution in [2.75, 3.05) is 11.9 Å². The van der Waals surface area contributed by atoms with Crippen molar-refractivity contribution in [1.29, 1.82) is 0 Å². The van der Waals surface area contributed by atoms with Gasteiger partial charge >= 0.3 is 0 Å². The van der Waals surface area contributed by atoms with Gasteiger partial charge in [-0.15, -0.1) is 0 Å². The maximum Gasteiger partial charge on any atom is 0.188 e. The summed E-state index contributed by atoms with van der Waals surface area (Å²) < 4.78 is 1.01. The minimum atomic E-state index is -0.220. The number of fused-ring (bicyclic) bond motifs is 1. The molecule has 130 valence electrons. The molecular formula is C19H22N4OS. The van der Waals surface area contributed by atoms with Crippen molar-refractivity contribution in [3.63, 3.8) is 0 Å². The first-order valence-electron chi connectivity index (χ1n) is 8.50. The highest BCUT2D eigenvalue weighted by Gasteiger charge is 2.21. The fourth-order valence-electron chi connectivity index (χ4n) is 2.69. The van der Waals surface area contributed by atoms with Crippen LogP contribution in [0.15, 0.2) is 36.7 Å². The third-order valence-electron chi connectivity index (χ3n) is 4.44. The summed E-state index contributed by atoms with van der Waals surface area (Å²) in [6, 6.07) is 9.89. The van der Waals surface area contributed by atoms with Crippen LogP contribution in [0.3, 0.4) is 0 Å². The van der Waals surface area contributed by atoms with Gasteiger partial charge in [-0.2, -0.15) is 4.98 Å². The smallest absolute Gasteiger partial charge is 0.188 e. The van der Waals surface area contributed by atoms with Gasteiger partial charge in [0.25, 0.3) is 0 Å². The summed E-state index contributed by atoms with van der Waals surface area (Å²) in [6.45, 7) is 4.01. The largest absolute Gasteiger partial charge is 0.341 e. The van der Waals surface area contributed by atoms with Crippen LogP contribution in [0.5, 0.6) is 0 Å². The molecule has 3 rings (SSSR count). The van der Waals surface area contributed by atoms with Gasteiger partial charge in [-0.25, -0.2) is 9.97 Å². The van der Waals surface area contributed by atoms with E-state index in [1.54, 1.807) is 17.7 Å². The van der Waals surface area contributed by atoms with Gasteiger partial charge in [-0.05, 0) is 25.3 Å². The molecule has 1 atom stereocenters. The van der Waals surface area contributed by atoms with Crippen LogP contribution in [0.25, 0.3) is 10.3 Å². The molecule has 0 aliphatic heterocycles. The third-order valence-corrected chi connectivity index (χ3v) is 5.62. The number of ketones is 1. The molecule has 0 unspecified atom stereocenters. The van der Waals surface area contributed by atoms with E-state index in [1.165, 1.54) is 5.56 Å². The van der Waals surface area contributed by atoms with Gasteiger partial charge in [0.2, 0.25) is 0 Å². The fourth-order valence-corrected chi connectivity index (χ4v) is 3.82. The van der Waals surface area contributed by atoms with Crippen molar-refractivity contribution in [3.05, 3.63) is 47.9 Å². The number of carbonyl (C=O) groups excluding carboxylic acids is 1. The first-order valence-corrected chi connectivity index (χ1v) is 9.31. The molecule has 0 N–H and O–H groups in total. The number of hydrogen-bond donors (Lipinski definition) is 0. The molecule has 2 aromatic heterocycles. The van der Waals surface area contributed by atoms with Crippen LogP contribution < -0.4 is 4.90 Å². The molecule has 0 aliphatic rings. The van der Waals surface area contributed by atoms with Crippen LogP contribution in [0.1, 0.15) is 31.5 Å². The minimum absolute atomic E-state index is 0.215. The van der Waals surface area contributed by atoms with Crippen LogP contribution in [0.2, 0.25) is 0 Å². The quantitative estimate of drug-likeness (QED) is 0.648. The van der Waals surface area contributed by atoms with Gasteiger partial charge < -0.3 is 4.90 Å². The van der Waals surface area contributed by atoms with Gasteiger partial charge in [0.15, 0.2) is 16.6 Å². The van der Waals surface area contributed by atoms with E-state index < -0.39 is 0 Å². The van der Waals surface area contributed by atoms with Crippen LogP contribution in [-0.4, -0.2) is 33.8 Å². The lowest BCUT2D eigenvalue weighted by Gasteiger charge is -2.23. The zero-order valence-corrected chi connectivity index (χ0v) is 15.6. The van der Waals surface area contributed by atoms with Crippen molar-refractivity contribution < 1.29 is 4.79 Å². The van der Waals surface area contributed by atoms with E-state index in [-0.39, 0.29) is 11.8 Å². The lowest BCUT2D eigenvalue weighted by molar-refractivity contribution is -0.119. The third kappa shape index (κ3) is 3.85. The number of anilines is 1. The number of benzene rings is 1. The van der Waals surface area contributed by atoms with E-state index in [0.29, 0.717) is 12.1 Å². The standard InChI is InChI=1S/C19H22N4OS/c1-4-15-17-18(21-12-20-15)22-19(25-17)23(3)13(2)16(24)11-10-14-8-6-5-7-9-14/h5-9,12-13H,4,10-11H2,1-3H3/t13-/m1/s1. The molecule has 0 bridgehead atoms. The molecule has 0 amide bonds. The summed E-state index contributed by atoms with van der Waals surface area (Å²) in [5.74, 6) is 0.215. The highest BCUT2D eigenvalue weighted by atomic mass is 32.1. The Morgan fingerprint density at radius 3 is 2.72 bits per heavy atom. The lowest BCUT2D eigenvalue weighted by Crippen LogP contribution is -2.36. The number of nitrogens with zero attached hydrogens (tertiary/aromatic N) is 4. The minimum Gasteiger partial charge on any atom is -0.341 e. The summed E-state index contributed by atoms with van der Waals surface area (Å²) in [6.07, 6.45) is 3.69. The van der Waals surface area contributed by atoms with E-state index in [4.69, 9.17) is 0 Å². The average molecular weight is 354 g/mol. The predicted octanol–water partition coefficient (Wildman–Crippen LogP) is 3.68. The van der Waals surface area contributed by atoms with Gasteiger partial charge in [-0.3, -0.25) is 4.79 Å². The molecule has 0 spiro atoms. The lowest BCUT2D eigenvalue weighted by atomic mass is 10.0. The van der Waals surface area contributed by atoms with Crippen molar-refractivity contribution in [2.24, 2.45) is 0 Å². The van der Waals surface area contributed by atoms with E-state index in [1.807, 2.05) is 37.1 Å². The summed E-state index contributed by atoms with van der Waals surface area (Å²) >= 11 is 1.55. The number of Topliss-reactive ketones (excluding diaryl/α,β-unsaturated/α-hetero) is 1. The zero-order chi connectivity index (χ0) is 17.8. The van der Waals surface area contributed by atoms with Crippen LogP contribution in [0, 0.1) is 0 Å². The van der Waals surface area contributed by atoms with Crippen LogP contribution in [0.4, 0.5) is 5.13 Å². The second kappa shape index (κ2) is 7.70. The van der Waals surface area contributed by atoms with Crippen LogP contribution >= 0.6 is 11.3 Å². The number of rotatable bonds is 7. The topological polar surface area (TPSA) is 59.0 Å². The molecule has 2 heterocycles. The number of aromatic nitrogens is 3. The molecular weight excluding hydrogens is 332 g/mol. The Morgan fingerprint density at radius 2 is 2.00 bits per heavy atom. The molecule has 25 heavy (non-hydrogen) atoms. The Morgan fingerprint density at radius 1 is 1.24 bits per heavy atom. The Hall–Kier alpha value is -2.34. The van der Waals surface area contributed by atoms with Crippen molar-refractivity contribution >= 4 is 32.6 Å². The Balaban J connectivity index is 1.71. The van der Waals surface area contributed by atoms with E-state index in [2.05, 4.69) is 34.0 Å². The Labute approximate surface area is 151 Å². The van der Waals surface area contributed by atoms with Crippen molar-refractivity contribution in [2.45, 2.75) is 39.2 Å². The average Bonchev–Trinajstić information content (AvgIpc) is 3.10. The van der Waals surface area contributed by atoms with Crippen LogP contribution in [-0.2, 0) is 17.6 Å². The Kier molecular flexibility index (Phi) is 5.38. The maximum absolute atomic E-state index is 12.6. The van der Waals surface area contributed by atoms with Crippen molar-refractivity contribution in [3.8, 4) is 0 Å². The fraction of sp³-hybridized carbons (Fsp3) is 0.368. The van der Waals surface area contributed by atoms with Crippen molar-refractivity contribution in [1.82, 2.24) is 15.0 Å². The summed E-state index contributed by atoms with van der Waals surface area (Å²) in [4.78, 5) is 27.7. The molecule has 6 heteroatoms. The number of carbonyl (C=O) groups is 1. The number of aryl methyl sites for hydroxylation is 2. The Bertz CT molecular complexity index is 862. The number of thiazole rings is 1. The highest BCUT2D eigenvalue weighted by molar-refractivity contribution is 7.22. The highest BCUT2D eigenvalue weighted by Crippen LogP contribution is 2.30. The van der Waals surface area contributed by atoms with E-state index in [9.17, 15) is 4.79 Å². The molecule has 0 saturated carbocycles. The second-order valence-electron chi connectivity index (χ2n) is 6.06. The monoisotopic (exact) mass is 354 g/mol. The molecule has 0 radical (unpaired) electrons. The van der Waals surface area contributed by atoms with Gasteiger partial charge in [0, 0.05) is 13.5 Å². The molecule has 0 saturated heterocycles. The number of likely N-dealkylation sites (N-methyl/N-ethyl adjacent to an activating group) is 1. The number of hydrogen-bond acceptors (Lipinski definition) is 6.